The van der Waals surface area contributed by atoms with Crippen molar-refractivity contribution in [2.45, 2.75) is 19.6 Å². The van der Waals surface area contributed by atoms with Gasteiger partial charge >= 0.3 is 0 Å². The lowest BCUT2D eigenvalue weighted by Gasteiger charge is -2.04. The summed E-state index contributed by atoms with van der Waals surface area (Å²) in [5, 5.41) is 3.39. The van der Waals surface area contributed by atoms with E-state index in [4.69, 9.17) is 17.3 Å². The van der Waals surface area contributed by atoms with E-state index in [0.717, 1.165) is 17.4 Å². The third-order valence-electron chi connectivity index (χ3n) is 2.52. The second-order valence-corrected chi connectivity index (χ2v) is 5.63. The van der Waals surface area contributed by atoms with Gasteiger partial charge in [-0.05, 0) is 23.3 Å². The minimum atomic E-state index is 0.599. The molecule has 1 aromatic carbocycles. The average Bonchev–Trinajstić information content (AvgIpc) is 2.76. The number of benzene rings is 1. The molecule has 2 aromatic rings. The molecule has 0 atom stereocenters. The first-order valence-electron chi connectivity index (χ1n) is 5.51. The van der Waals surface area contributed by atoms with Crippen LogP contribution < -0.4 is 11.1 Å². The summed E-state index contributed by atoms with van der Waals surface area (Å²) in [6, 6.07) is 12.3. The minimum absolute atomic E-state index is 0.599. The summed E-state index contributed by atoms with van der Waals surface area (Å²) in [5.41, 5.74) is 7.99. The Labute approximate surface area is 110 Å². The van der Waals surface area contributed by atoms with Gasteiger partial charge < -0.3 is 11.1 Å². The van der Waals surface area contributed by atoms with E-state index in [1.54, 1.807) is 11.3 Å². The van der Waals surface area contributed by atoms with Crippen molar-refractivity contribution >= 4 is 22.9 Å². The monoisotopic (exact) mass is 266 g/mol. The molecule has 3 N–H and O–H groups in total. The van der Waals surface area contributed by atoms with Gasteiger partial charge in [-0.25, -0.2) is 0 Å². The Bertz CT molecular complexity index is 465. The Morgan fingerprint density at radius 2 is 1.71 bits per heavy atom. The van der Waals surface area contributed by atoms with Crippen LogP contribution in [0.25, 0.3) is 0 Å². The lowest BCUT2D eigenvalue weighted by molar-refractivity contribution is 0.700. The Morgan fingerprint density at radius 3 is 2.29 bits per heavy atom. The Hall–Kier alpha value is -0.870. The number of thiophene rings is 1. The van der Waals surface area contributed by atoms with E-state index in [0.29, 0.717) is 6.54 Å². The van der Waals surface area contributed by atoms with Crippen LogP contribution >= 0.6 is 22.9 Å². The van der Waals surface area contributed by atoms with Crippen LogP contribution in [0, 0.1) is 0 Å². The van der Waals surface area contributed by atoms with E-state index in [9.17, 15) is 0 Å². The molecule has 17 heavy (non-hydrogen) atoms. The smallest absolute Gasteiger partial charge is 0.0931 e. The largest absolute Gasteiger partial charge is 0.326 e. The first-order valence-corrected chi connectivity index (χ1v) is 6.70. The van der Waals surface area contributed by atoms with Gasteiger partial charge in [-0.1, -0.05) is 35.9 Å². The fourth-order valence-electron chi connectivity index (χ4n) is 1.57. The number of nitrogens with two attached hydrogens (primary N) is 1. The fraction of sp³-hybridized carbons (Fsp3) is 0.231. The van der Waals surface area contributed by atoms with Crippen molar-refractivity contribution < 1.29 is 0 Å². The molecule has 0 bridgehead atoms. The Morgan fingerprint density at radius 1 is 1.00 bits per heavy atom. The highest BCUT2D eigenvalue weighted by Gasteiger charge is 1.98. The molecule has 0 aliphatic rings. The normalized spacial score (nSPS) is 10.7. The van der Waals surface area contributed by atoms with Crippen molar-refractivity contribution in [1.29, 1.82) is 0 Å². The van der Waals surface area contributed by atoms with Gasteiger partial charge in [0.2, 0.25) is 0 Å². The lowest BCUT2D eigenvalue weighted by atomic mass is 10.1. The standard InChI is InChI=1S/C13H15ClN2S/c14-13-6-5-12(17-13)9-16-8-11-3-1-10(7-15)2-4-11/h1-6,16H,7-9,15H2. The van der Waals surface area contributed by atoms with E-state index < -0.39 is 0 Å². The zero-order valence-electron chi connectivity index (χ0n) is 9.45. The third-order valence-corrected chi connectivity index (χ3v) is 3.75. The molecule has 0 unspecified atom stereocenters. The van der Waals surface area contributed by atoms with Crippen molar-refractivity contribution in [1.82, 2.24) is 5.32 Å². The van der Waals surface area contributed by atoms with Crippen molar-refractivity contribution in [3.05, 3.63) is 56.7 Å². The average molecular weight is 267 g/mol. The maximum Gasteiger partial charge on any atom is 0.0931 e. The summed E-state index contributed by atoms with van der Waals surface area (Å²) >= 11 is 7.48. The van der Waals surface area contributed by atoms with Gasteiger partial charge in [0.05, 0.1) is 4.34 Å². The molecule has 2 nitrogen and oxygen atoms in total. The summed E-state index contributed by atoms with van der Waals surface area (Å²) < 4.78 is 0.842. The van der Waals surface area contributed by atoms with Crippen LogP contribution in [0.1, 0.15) is 16.0 Å². The van der Waals surface area contributed by atoms with E-state index in [2.05, 4.69) is 35.6 Å². The number of hydrogen-bond donors (Lipinski definition) is 2. The predicted molar refractivity (Wildman–Crippen MR) is 74.2 cm³/mol. The van der Waals surface area contributed by atoms with Crippen molar-refractivity contribution in [2.75, 3.05) is 0 Å². The van der Waals surface area contributed by atoms with Gasteiger partial charge in [-0.3, -0.25) is 0 Å². The van der Waals surface area contributed by atoms with Gasteiger partial charge in [0.1, 0.15) is 0 Å². The zero-order chi connectivity index (χ0) is 12.1. The molecule has 4 heteroatoms. The Kier molecular flexibility index (Phi) is 4.57. The maximum atomic E-state index is 5.87. The first kappa shape index (κ1) is 12.6. The highest BCUT2D eigenvalue weighted by Crippen LogP contribution is 2.21. The zero-order valence-corrected chi connectivity index (χ0v) is 11.0. The van der Waals surface area contributed by atoms with Crippen molar-refractivity contribution in [3.63, 3.8) is 0 Å². The minimum Gasteiger partial charge on any atom is -0.326 e. The molecule has 0 aliphatic heterocycles. The van der Waals surface area contributed by atoms with Gasteiger partial charge in [0.25, 0.3) is 0 Å². The summed E-state index contributed by atoms with van der Waals surface area (Å²) in [4.78, 5) is 1.26. The fourth-order valence-corrected chi connectivity index (χ4v) is 2.63. The molecule has 0 amide bonds. The Balaban J connectivity index is 1.81. The van der Waals surface area contributed by atoms with E-state index in [-0.39, 0.29) is 0 Å². The van der Waals surface area contributed by atoms with E-state index >= 15 is 0 Å². The topological polar surface area (TPSA) is 38.0 Å². The van der Waals surface area contributed by atoms with Crippen LogP contribution in [0.2, 0.25) is 4.34 Å². The van der Waals surface area contributed by atoms with Crippen molar-refractivity contribution in [2.24, 2.45) is 5.73 Å². The van der Waals surface area contributed by atoms with Gasteiger partial charge in [0.15, 0.2) is 0 Å². The predicted octanol–water partition coefficient (Wildman–Crippen LogP) is 3.15. The molecular formula is C13H15ClN2S. The van der Waals surface area contributed by atoms with Gasteiger partial charge in [-0.2, -0.15) is 0 Å². The number of nitrogens with one attached hydrogen (secondary N) is 1. The molecule has 0 aliphatic carbocycles. The molecule has 0 spiro atoms. The number of hydrogen-bond acceptors (Lipinski definition) is 3. The second kappa shape index (κ2) is 6.17. The SMILES string of the molecule is NCc1ccc(CNCc2ccc(Cl)s2)cc1. The van der Waals surface area contributed by atoms with Crippen LogP contribution in [-0.4, -0.2) is 0 Å². The molecule has 0 fully saturated rings. The molecule has 1 aromatic heterocycles. The molecule has 90 valence electrons. The summed E-state index contributed by atoms with van der Waals surface area (Å²) in [6.07, 6.45) is 0. The van der Waals surface area contributed by atoms with Crippen LogP contribution in [-0.2, 0) is 19.6 Å². The molecule has 1 heterocycles. The van der Waals surface area contributed by atoms with Crippen LogP contribution in [0.4, 0.5) is 0 Å². The summed E-state index contributed by atoms with van der Waals surface area (Å²) in [7, 11) is 0. The number of halogens is 1. The molecule has 2 rings (SSSR count). The van der Waals surface area contributed by atoms with Crippen LogP contribution in [0.5, 0.6) is 0 Å². The van der Waals surface area contributed by atoms with Gasteiger partial charge in [0, 0.05) is 24.5 Å². The van der Waals surface area contributed by atoms with Gasteiger partial charge in [-0.15, -0.1) is 11.3 Å². The third kappa shape index (κ3) is 3.82. The quantitative estimate of drug-likeness (QED) is 0.873. The summed E-state index contributed by atoms with van der Waals surface area (Å²) in [5.74, 6) is 0. The molecule has 0 saturated carbocycles. The van der Waals surface area contributed by atoms with Crippen LogP contribution in [0.15, 0.2) is 36.4 Å². The van der Waals surface area contributed by atoms with Crippen molar-refractivity contribution in [3.8, 4) is 0 Å². The summed E-state index contributed by atoms with van der Waals surface area (Å²) in [6.45, 7) is 2.32. The van der Waals surface area contributed by atoms with E-state index in [1.165, 1.54) is 16.0 Å². The maximum absolute atomic E-state index is 5.87. The molecule has 0 radical (unpaired) electrons. The molecular weight excluding hydrogens is 252 g/mol. The van der Waals surface area contributed by atoms with E-state index in [1.807, 2.05) is 6.07 Å². The van der Waals surface area contributed by atoms with Crippen LogP contribution in [0.3, 0.4) is 0 Å². The highest BCUT2D eigenvalue weighted by atomic mass is 35.5. The molecule has 0 saturated heterocycles. The number of rotatable bonds is 5. The second-order valence-electron chi connectivity index (χ2n) is 3.83. The highest BCUT2D eigenvalue weighted by molar-refractivity contribution is 7.16. The lowest BCUT2D eigenvalue weighted by Crippen LogP contribution is -2.11. The first-order chi connectivity index (χ1) is 8.28.